The molecular weight excluding hydrogens is 463 g/mol. The maximum absolute atomic E-state index is 13.3. The number of halogens is 2. The van der Waals surface area contributed by atoms with Crippen molar-refractivity contribution >= 4 is 46.8 Å². The fourth-order valence-corrected chi connectivity index (χ4v) is 4.63. The van der Waals surface area contributed by atoms with E-state index in [9.17, 15) is 9.59 Å². The molecule has 0 saturated heterocycles. The Morgan fingerprint density at radius 3 is 2.38 bits per heavy atom. The van der Waals surface area contributed by atoms with Gasteiger partial charge in [0.25, 0.3) is 0 Å². The molecule has 32 heavy (non-hydrogen) atoms. The number of rotatable bonds is 10. The van der Waals surface area contributed by atoms with E-state index < -0.39 is 6.04 Å². The Hall–Kier alpha value is -1.69. The Kier molecular flexibility index (Phi) is 10.4. The monoisotopic (exact) mass is 494 g/mol. The van der Waals surface area contributed by atoms with Crippen molar-refractivity contribution in [3.05, 3.63) is 69.7 Å². The highest BCUT2D eigenvalue weighted by Gasteiger charge is 2.30. The van der Waals surface area contributed by atoms with Crippen molar-refractivity contribution in [1.29, 1.82) is 0 Å². The van der Waals surface area contributed by atoms with Crippen molar-refractivity contribution in [1.82, 2.24) is 10.2 Å². The highest BCUT2D eigenvalue weighted by atomic mass is 35.5. The molecule has 0 spiro atoms. The lowest BCUT2D eigenvalue weighted by Gasteiger charge is -2.33. The van der Waals surface area contributed by atoms with Crippen LogP contribution in [0.4, 0.5) is 0 Å². The van der Waals surface area contributed by atoms with Gasteiger partial charge in [-0.15, -0.1) is 0 Å². The molecule has 2 aromatic carbocycles. The predicted molar refractivity (Wildman–Crippen MR) is 136 cm³/mol. The summed E-state index contributed by atoms with van der Waals surface area (Å²) in [7, 11) is 0. The molecule has 0 aliphatic carbocycles. The number of carbonyl (C=O) groups excluding carboxylic acids is 2. The normalized spacial score (nSPS) is 12.3. The van der Waals surface area contributed by atoms with Crippen molar-refractivity contribution in [3.8, 4) is 0 Å². The van der Waals surface area contributed by atoms with Crippen molar-refractivity contribution in [2.45, 2.75) is 64.4 Å². The van der Waals surface area contributed by atoms with Gasteiger partial charge < -0.3 is 10.2 Å². The Balaban J connectivity index is 2.13. The molecular formula is C25H32Cl2N2O2S. The number of hydrogen-bond donors (Lipinski definition) is 1. The van der Waals surface area contributed by atoms with Crippen molar-refractivity contribution < 1.29 is 9.59 Å². The summed E-state index contributed by atoms with van der Waals surface area (Å²) in [6.45, 7) is 7.97. The van der Waals surface area contributed by atoms with Gasteiger partial charge in [-0.2, -0.15) is 11.8 Å². The minimum Gasteiger partial charge on any atom is -0.350 e. The first kappa shape index (κ1) is 26.6. The summed E-state index contributed by atoms with van der Waals surface area (Å²) >= 11 is 14.1. The number of nitrogens with one attached hydrogen (secondary N) is 1. The van der Waals surface area contributed by atoms with Gasteiger partial charge in [-0.1, -0.05) is 66.5 Å². The van der Waals surface area contributed by atoms with Gasteiger partial charge in [0, 0.05) is 40.1 Å². The topological polar surface area (TPSA) is 49.4 Å². The maximum Gasteiger partial charge on any atom is 0.243 e. The van der Waals surface area contributed by atoms with Gasteiger partial charge in [0.05, 0.1) is 0 Å². The molecule has 1 N–H and O–H groups in total. The van der Waals surface area contributed by atoms with Gasteiger partial charge in [0.2, 0.25) is 11.8 Å². The summed E-state index contributed by atoms with van der Waals surface area (Å²) in [6.07, 6.45) is 0.859. The first-order valence-corrected chi connectivity index (χ1v) is 12.7. The molecule has 174 valence electrons. The zero-order valence-electron chi connectivity index (χ0n) is 19.2. The maximum atomic E-state index is 13.3. The number of thioether (sulfide) groups is 1. The third kappa shape index (κ3) is 8.68. The molecule has 2 amide bonds. The highest BCUT2D eigenvalue weighted by Crippen LogP contribution is 2.24. The van der Waals surface area contributed by atoms with Gasteiger partial charge in [-0.05, 0) is 50.5 Å². The molecule has 7 heteroatoms. The van der Waals surface area contributed by atoms with E-state index in [0.717, 1.165) is 11.3 Å². The van der Waals surface area contributed by atoms with Gasteiger partial charge in [-0.3, -0.25) is 9.59 Å². The Morgan fingerprint density at radius 1 is 1.09 bits per heavy atom. The van der Waals surface area contributed by atoms with E-state index in [-0.39, 0.29) is 23.9 Å². The van der Waals surface area contributed by atoms with E-state index in [1.807, 2.05) is 52.0 Å². The molecule has 1 unspecified atom stereocenters. The van der Waals surface area contributed by atoms with E-state index in [2.05, 4.69) is 17.4 Å². The van der Waals surface area contributed by atoms with Gasteiger partial charge in [0.15, 0.2) is 0 Å². The molecule has 0 aliphatic rings. The molecule has 0 fully saturated rings. The van der Waals surface area contributed by atoms with Gasteiger partial charge in [0.1, 0.15) is 6.04 Å². The summed E-state index contributed by atoms with van der Waals surface area (Å²) in [6, 6.07) is 14.8. The third-order valence-electron chi connectivity index (χ3n) is 4.81. The lowest BCUT2D eigenvalue weighted by atomic mass is 10.1. The molecule has 0 radical (unpaired) electrons. The second-order valence-electron chi connectivity index (χ2n) is 8.71. The van der Waals surface area contributed by atoms with Crippen LogP contribution in [0.1, 0.15) is 51.7 Å². The molecule has 2 rings (SSSR count). The Bertz CT molecular complexity index is 901. The summed E-state index contributed by atoms with van der Waals surface area (Å²) in [5, 5.41) is 4.03. The van der Waals surface area contributed by atoms with Gasteiger partial charge >= 0.3 is 0 Å². The van der Waals surface area contributed by atoms with E-state index in [1.54, 1.807) is 28.8 Å². The van der Waals surface area contributed by atoms with E-state index >= 15 is 0 Å². The van der Waals surface area contributed by atoms with Crippen LogP contribution in [-0.4, -0.2) is 34.0 Å². The molecule has 0 aliphatic heterocycles. The minimum atomic E-state index is -0.576. The van der Waals surface area contributed by atoms with Crippen LogP contribution in [0, 0.1) is 0 Å². The average Bonchev–Trinajstić information content (AvgIpc) is 2.72. The van der Waals surface area contributed by atoms with E-state index in [4.69, 9.17) is 23.2 Å². The van der Waals surface area contributed by atoms with Crippen molar-refractivity contribution in [2.24, 2.45) is 0 Å². The van der Waals surface area contributed by atoms with Crippen molar-refractivity contribution in [3.63, 3.8) is 0 Å². The first-order chi connectivity index (χ1) is 15.1. The summed E-state index contributed by atoms with van der Waals surface area (Å²) < 4.78 is 0. The Labute approximate surface area is 206 Å². The largest absolute Gasteiger partial charge is 0.350 e. The molecule has 0 saturated carbocycles. The standard InChI is InChI=1S/C25H32Cl2N2O2S/c1-5-22(24(31)28-25(2,3)4)29(16-19-11-12-20(26)15-21(19)27)23(30)13-14-32-17-18-9-7-6-8-10-18/h6-12,15,22H,5,13-14,16-17H2,1-4H3,(H,28,31). The van der Waals surface area contributed by atoms with Crippen LogP contribution < -0.4 is 5.32 Å². The Morgan fingerprint density at radius 2 is 1.78 bits per heavy atom. The molecule has 4 nitrogen and oxygen atoms in total. The lowest BCUT2D eigenvalue weighted by Crippen LogP contribution is -2.53. The van der Waals surface area contributed by atoms with Crippen LogP contribution in [-0.2, 0) is 21.9 Å². The number of carbonyl (C=O) groups is 2. The zero-order chi connectivity index (χ0) is 23.7. The average molecular weight is 496 g/mol. The van der Waals surface area contributed by atoms with Crippen LogP contribution >= 0.6 is 35.0 Å². The second-order valence-corrected chi connectivity index (χ2v) is 10.7. The molecule has 1 atom stereocenters. The third-order valence-corrected chi connectivity index (χ3v) is 6.43. The SMILES string of the molecule is CCC(C(=O)NC(C)(C)C)N(Cc1ccc(Cl)cc1Cl)C(=O)CCSCc1ccccc1. The smallest absolute Gasteiger partial charge is 0.243 e. The van der Waals surface area contributed by atoms with E-state index in [0.29, 0.717) is 28.6 Å². The predicted octanol–water partition coefficient (Wildman–Crippen LogP) is 6.34. The van der Waals surface area contributed by atoms with E-state index in [1.165, 1.54) is 5.56 Å². The van der Waals surface area contributed by atoms with Crippen LogP contribution in [0.5, 0.6) is 0 Å². The quantitative estimate of drug-likeness (QED) is 0.392. The number of amides is 2. The van der Waals surface area contributed by atoms with Crippen molar-refractivity contribution in [2.75, 3.05) is 5.75 Å². The second kappa shape index (κ2) is 12.5. The van der Waals surface area contributed by atoms with Crippen LogP contribution in [0.3, 0.4) is 0 Å². The molecule has 0 bridgehead atoms. The summed E-state index contributed by atoms with van der Waals surface area (Å²) in [4.78, 5) is 27.9. The fourth-order valence-electron chi connectivity index (χ4n) is 3.27. The number of nitrogens with zero attached hydrogens (tertiary/aromatic N) is 1. The van der Waals surface area contributed by atoms with Crippen LogP contribution in [0.25, 0.3) is 0 Å². The molecule has 0 heterocycles. The minimum absolute atomic E-state index is 0.0625. The number of benzene rings is 2. The summed E-state index contributed by atoms with van der Waals surface area (Å²) in [5.41, 5.74) is 1.61. The summed E-state index contributed by atoms with van der Waals surface area (Å²) in [5.74, 6) is 1.30. The highest BCUT2D eigenvalue weighted by molar-refractivity contribution is 7.98. The first-order valence-electron chi connectivity index (χ1n) is 10.8. The molecule has 2 aromatic rings. The number of hydrogen-bond acceptors (Lipinski definition) is 3. The lowest BCUT2D eigenvalue weighted by molar-refractivity contribution is -0.141. The van der Waals surface area contributed by atoms with Gasteiger partial charge in [-0.25, -0.2) is 0 Å². The zero-order valence-corrected chi connectivity index (χ0v) is 21.5. The molecule has 0 aromatic heterocycles. The van der Waals surface area contributed by atoms with Crippen LogP contribution in [0.15, 0.2) is 48.5 Å². The fraction of sp³-hybridized carbons (Fsp3) is 0.440. The van der Waals surface area contributed by atoms with Crippen LogP contribution in [0.2, 0.25) is 10.0 Å².